The van der Waals surface area contributed by atoms with Crippen LogP contribution < -0.4 is 5.32 Å². The molecule has 20 heavy (non-hydrogen) atoms. The lowest BCUT2D eigenvalue weighted by atomic mass is 10.1. The molecule has 1 aromatic rings. The summed E-state index contributed by atoms with van der Waals surface area (Å²) < 4.78 is 0. The second-order valence-corrected chi connectivity index (χ2v) is 5.95. The van der Waals surface area contributed by atoms with Crippen LogP contribution in [0.25, 0.3) is 0 Å². The summed E-state index contributed by atoms with van der Waals surface area (Å²) in [7, 11) is 0. The molecular weight excluding hydrogens is 295 g/mol. The topological polar surface area (TPSA) is 32.3 Å². The summed E-state index contributed by atoms with van der Waals surface area (Å²) in [6.07, 6.45) is 4.07. The highest BCUT2D eigenvalue weighted by atomic mass is 35.5. The Labute approximate surface area is 130 Å². The van der Waals surface area contributed by atoms with Gasteiger partial charge in [0.1, 0.15) is 0 Å². The van der Waals surface area contributed by atoms with Gasteiger partial charge < -0.3 is 10.2 Å². The fourth-order valence-corrected chi connectivity index (χ4v) is 2.86. The molecule has 1 aromatic carbocycles. The predicted molar refractivity (Wildman–Crippen MR) is 83.2 cm³/mol. The van der Waals surface area contributed by atoms with Gasteiger partial charge in [0.25, 0.3) is 0 Å². The lowest BCUT2D eigenvalue weighted by molar-refractivity contribution is -0.131. The number of halogens is 2. The summed E-state index contributed by atoms with van der Waals surface area (Å²) in [4.78, 5) is 13.9. The molecule has 1 aliphatic heterocycles. The average molecular weight is 315 g/mol. The summed E-state index contributed by atoms with van der Waals surface area (Å²) in [6, 6.07) is 5.46. The van der Waals surface area contributed by atoms with E-state index in [0.717, 1.165) is 31.5 Å². The largest absolute Gasteiger partial charge is 0.343 e. The maximum Gasteiger partial charge on any atom is 0.223 e. The van der Waals surface area contributed by atoms with Gasteiger partial charge in [-0.1, -0.05) is 29.3 Å². The highest BCUT2D eigenvalue weighted by Crippen LogP contribution is 2.20. The van der Waals surface area contributed by atoms with Crippen molar-refractivity contribution in [3.8, 4) is 0 Å². The standard InChI is InChI=1S/C15H20Cl2N2O/c16-13-5-4-12(14(17)10-13)11-18-7-6-15(20)19-8-2-1-3-9-19/h4-5,10,18H,1-3,6-9,11H2. The van der Waals surface area contributed by atoms with Crippen molar-refractivity contribution in [2.75, 3.05) is 19.6 Å². The summed E-state index contributed by atoms with van der Waals surface area (Å²) in [6.45, 7) is 3.17. The molecule has 110 valence electrons. The van der Waals surface area contributed by atoms with Crippen LogP contribution in [0, 0.1) is 0 Å². The van der Waals surface area contributed by atoms with Crippen LogP contribution >= 0.6 is 23.2 Å². The third-order valence-corrected chi connectivity index (χ3v) is 4.14. The molecule has 0 unspecified atom stereocenters. The van der Waals surface area contributed by atoms with Crippen molar-refractivity contribution in [1.29, 1.82) is 0 Å². The number of rotatable bonds is 5. The van der Waals surface area contributed by atoms with Crippen molar-refractivity contribution in [3.63, 3.8) is 0 Å². The van der Waals surface area contributed by atoms with Crippen molar-refractivity contribution < 1.29 is 4.79 Å². The van der Waals surface area contributed by atoms with Crippen molar-refractivity contribution in [3.05, 3.63) is 33.8 Å². The van der Waals surface area contributed by atoms with Crippen LogP contribution in [0.5, 0.6) is 0 Å². The molecular formula is C15H20Cl2N2O. The molecule has 0 bridgehead atoms. The monoisotopic (exact) mass is 314 g/mol. The summed E-state index contributed by atoms with van der Waals surface area (Å²) in [5.74, 6) is 0.249. The van der Waals surface area contributed by atoms with Crippen LogP contribution in [-0.4, -0.2) is 30.4 Å². The van der Waals surface area contributed by atoms with E-state index in [0.29, 0.717) is 29.6 Å². The first-order chi connectivity index (χ1) is 9.66. The molecule has 0 aromatic heterocycles. The normalized spacial score (nSPS) is 15.4. The Morgan fingerprint density at radius 1 is 1.20 bits per heavy atom. The maximum atomic E-state index is 12.0. The molecule has 1 aliphatic rings. The van der Waals surface area contributed by atoms with Gasteiger partial charge in [-0.3, -0.25) is 4.79 Å². The Morgan fingerprint density at radius 2 is 1.95 bits per heavy atom. The van der Waals surface area contributed by atoms with Gasteiger partial charge in [0, 0.05) is 42.6 Å². The highest BCUT2D eigenvalue weighted by Gasteiger charge is 2.15. The SMILES string of the molecule is O=C(CCNCc1ccc(Cl)cc1Cl)N1CCCCC1. The number of amides is 1. The van der Waals surface area contributed by atoms with E-state index in [-0.39, 0.29) is 5.91 Å². The lowest BCUT2D eigenvalue weighted by Gasteiger charge is -2.26. The highest BCUT2D eigenvalue weighted by molar-refractivity contribution is 6.35. The fourth-order valence-electron chi connectivity index (χ4n) is 2.38. The van der Waals surface area contributed by atoms with E-state index in [1.807, 2.05) is 17.0 Å². The molecule has 0 radical (unpaired) electrons. The van der Waals surface area contributed by atoms with Gasteiger partial charge in [-0.25, -0.2) is 0 Å². The zero-order valence-corrected chi connectivity index (χ0v) is 13.0. The summed E-state index contributed by atoms with van der Waals surface area (Å²) in [5, 5.41) is 4.55. The van der Waals surface area contributed by atoms with Crippen molar-refractivity contribution >= 4 is 29.1 Å². The molecule has 1 heterocycles. The van der Waals surface area contributed by atoms with E-state index < -0.39 is 0 Å². The zero-order valence-electron chi connectivity index (χ0n) is 11.5. The van der Waals surface area contributed by atoms with Gasteiger partial charge in [-0.15, -0.1) is 0 Å². The van der Waals surface area contributed by atoms with Gasteiger partial charge in [0.05, 0.1) is 0 Å². The first kappa shape index (κ1) is 15.6. The minimum absolute atomic E-state index is 0.249. The van der Waals surface area contributed by atoms with Gasteiger partial charge in [-0.2, -0.15) is 0 Å². The molecule has 0 aliphatic carbocycles. The Hall–Kier alpha value is -0.770. The first-order valence-corrected chi connectivity index (χ1v) is 7.85. The Balaban J connectivity index is 1.69. The Kier molecular flexibility index (Phi) is 6.14. The third kappa shape index (κ3) is 4.65. The minimum Gasteiger partial charge on any atom is -0.343 e. The number of nitrogens with one attached hydrogen (secondary N) is 1. The smallest absolute Gasteiger partial charge is 0.223 e. The van der Waals surface area contributed by atoms with E-state index in [2.05, 4.69) is 5.32 Å². The molecule has 1 saturated heterocycles. The molecule has 5 heteroatoms. The van der Waals surface area contributed by atoms with E-state index in [1.165, 1.54) is 6.42 Å². The van der Waals surface area contributed by atoms with Crippen LogP contribution in [0.2, 0.25) is 10.0 Å². The molecule has 0 spiro atoms. The van der Waals surface area contributed by atoms with Crippen LogP contribution in [-0.2, 0) is 11.3 Å². The molecule has 0 atom stereocenters. The van der Waals surface area contributed by atoms with E-state index in [4.69, 9.17) is 23.2 Å². The number of piperidine rings is 1. The molecule has 0 saturated carbocycles. The van der Waals surface area contributed by atoms with Crippen LogP contribution in [0.15, 0.2) is 18.2 Å². The van der Waals surface area contributed by atoms with Crippen molar-refractivity contribution in [2.45, 2.75) is 32.2 Å². The quantitative estimate of drug-likeness (QED) is 0.844. The molecule has 1 amide bonds. The number of nitrogens with zero attached hydrogens (tertiary/aromatic N) is 1. The zero-order chi connectivity index (χ0) is 14.4. The van der Waals surface area contributed by atoms with Crippen LogP contribution in [0.3, 0.4) is 0 Å². The predicted octanol–water partition coefficient (Wildman–Crippen LogP) is 3.49. The van der Waals surface area contributed by atoms with Gasteiger partial charge >= 0.3 is 0 Å². The van der Waals surface area contributed by atoms with Crippen LogP contribution in [0.1, 0.15) is 31.2 Å². The molecule has 2 rings (SSSR count). The average Bonchev–Trinajstić information content (AvgIpc) is 2.46. The summed E-state index contributed by atoms with van der Waals surface area (Å²) >= 11 is 11.9. The second kappa shape index (κ2) is 7.87. The van der Waals surface area contributed by atoms with Gasteiger partial charge in [0.2, 0.25) is 5.91 Å². The number of carbonyl (C=O) groups excluding carboxylic acids is 1. The number of carbonyl (C=O) groups is 1. The third-order valence-electron chi connectivity index (χ3n) is 3.55. The Bertz CT molecular complexity index is 459. The second-order valence-electron chi connectivity index (χ2n) is 5.10. The number of likely N-dealkylation sites (tertiary alicyclic amines) is 1. The number of hydrogen-bond donors (Lipinski definition) is 1. The molecule has 1 fully saturated rings. The lowest BCUT2D eigenvalue weighted by Crippen LogP contribution is -2.37. The van der Waals surface area contributed by atoms with E-state index >= 15 is 0 Å². The van der Waals surface area contributed by atoms with E-state index in [9.17, 15) is 4.79 Å². The number of hydrogen-bond acceptors (Lipinski definition) is 2. The maximum absolute atomic E-state index is 12.0. The Morgan fingerprint density at radius 3 is 2.65 bits per heavy atom. The fraction of sp³-hybridized carbons (Fsp3) is 0.533. The first-order valence-electron chi connectivity index (χ1n) is 7.09. The summed E-state index contributed by atoms with van der Waals surface area (Å²) in [5.41, 5.74) is 1.00. The van der Waals surface area contributed by atoms with Crippen molar-refractivity contribution in [2.24, 2.45) is 0 Å². The van der Waals surface area contributed by atoms with E-state index in [1.54, 1.807) is 6.07 Å². The van der Waals surface area contributed by atoms with Gasteiger partial charge in [-0.05, 0) is 37.0 Å². The molecule has 3 nitrogen and oxygen atoms in total. The molecule has 1 N–H and O–H groups in total. The van der Waals surface area contributed by atoms with Crippen LogP contribution in [0.4, 0.5) is 0 Å². The number of benzene rings is 1. The minimum atomic E-state index is 0.249. The van der Waals surface area contributed by atoms with Gasteiger partial charge in [0.15, 0.2) is 0 Å². The van der Waals surface area contributed by atoms with Crippen molar-refractivity contribution in [1.82, 2.24) is 10.2 Å².